The van der Waals surface area contributed by atoms with Gasteiger partial charge in [-0.15, -0.1) is 0 Å². The third-order valence-corrected chi connectivity index (χ3v) is 1.01. The summed E-state index contributed by atoms with van der Waals surface area (Å²) in [5.74, 6) is -0.115. The van der Waals surface area contributed by atoms with E-state index in [1.54, 1.807) is 0 Å². The highest BCUT2D eigenvalue weighted by Gasteiger charge is 1.98. The van der Waals surface area contributed by atoms with Crippen LogP contribution in [-0.2, 0) is 4.79 Å². The molecular weight excluding hydrogens is 130 g/mol. The Morgan fingerprint density at radius 2 is 2.00 bits per heavy atom. The standard InChI is InChI=1S/C6H14N3O/c7-3-1-5-9-6(10)2-4-8/h1-5,7-8H2. The molecule has 1 amide bonds. The van der Waals surface area contributed by atoms with Crippen molar-refractivity contribution < 1.29 is 4.79 Å². The fraction of sp³-hybridized carbons (Fsp3) is 0.833. The molecule has 0 saturated carbocycles. The second-order valence-electron chi connectivity index (χ2n) is 1.96. The van der Waals surface area contributed by atoms with Crippen LogP contribution in [0.15, 0.2) is 0 Å². The lowest BCUT2D eigenvalue weighted by atomic mass is 10.4. The lowest BCUT2D eigenvalue weighted by Crippen LogP contribution is -2.21. The summed E-state index contributed by atoms with van der Waals surface area (Å²) in [5, 5.41) is 3.70. The number of carbonyl (C=O) groups is 1. The average molecular weight is 144 g/mol. The lowest BCUT2D eigenvalue weighted by Gasteiger charge is -1.97. The molecule has 0 aliphatic rings. The molecule has 1 radical (unpaired) electrons. The fourth-order valence-electron chi connectivity index (χ4n) is 0.498. The molecule has 4 nitrogen and oxygen atoms in total. The Labute approximate surface area is 61.0 Å². The Bertz CT molecular complexity index is 95.0. The van der Waals surface area contributed by atoms with Crippen molar-refractivity contribution in [1.29, 1.82) is 0 Å². The summed E-state index contributed by atoms with van der Waals surface area (Å²) in [6.07, 6.45) is 1.13. The van der Waals surface area contributed by atoms with Gasteiger partial charge in [0.15, 0.2) is 0 Å². The molecule has 0 saturated heterocycles. The van der Waals surface area contributed by atoms with Gasteiger partial charge in [0.25, 0.3) is 0 Å². The van der Waals surface area contributed by atoms with Crippen molar-refractivity contribution in [2.45, 2.75) is 12.8 Å². The van der Waals surface area contributed by atoms with Crippen LogP contribution < -0.4 is 16.8 Å². The van der Waals surface area contributed by atoms with Gasteiger partial charge < -0.3 is 11.5 Å². The number of hydrogen-bond acceptors (Lipinski definition) is 3. The van der Waals surface area contributed by atoms with Crippen molar-refractivity contribution in [2.24, 2.45) is 11.5 Å². The van der Waals surface area contributed by atoms with Gasteiger partial charge in [-0.05, 0) is 13.0 Å². The zero-order valence-corrected chi connectivity index (χ0v) is 6.05. The van der Waals surface area contributed by atoms with E-state index < -0.39 is 0 Å². The summed E-state index contributed by atoms with van der Waals surface area (Å²) in [6, 6.07) is 0. The number of carbonyl (C=O) groups excluding carboxylic acids is 1. The Morgan fingerprint density at radius 1 is 1.30 bits per heavy atom. The van der Waals surface area contributed by atoms with Gasteiger partial charge in [0, 0.05) is 19.5 Å². The second kappa shape index (κ2) is 6.51. The number of nitrogens with zero attached hydrogens (tertiary/aromatic N) is 1. The molecule has 0 aliphatic carbocycles. The quantitative estimate of drug-likeness (QED) is 0.476. The second-order valence-corrected chi connectivity index (χ2v) is 1.96. The molecule has 59 valence electrons. The molecule has 4 N–H and O–H groups in total. The van der Waals surface area contributed by atoms with Crippen LogP contribution in [0.3, 0.4) is 0 Å². The van der Waals surface area contributed by atoms with Crippen LogP contribution in [-0.4, -0.2) is 25.5 Å². The normalized spacial score (nSPS) is 9.40. The maximum Gasteiger partial charge on any atom is 0.242 e. The predicted molar refractivity (Wildman–Crippen MR) is 39.4 cm³/mol. The third kappa shape index (κ3) is 5.53. The first-order chi connectivity index (χ1) is 4.81. The van der Waals surface area contributed by atoms with Gasteiger partial charge in [0.1, 0.15) is 0 Å². The van der Waals surface area contributed by atoms with E-state index in [0.29, 0.717) is 26.1 Å². The van der Waals surface area contributed by atoms with Gasteiger partial charge in [0.05, 0.1) is 0 Å². The number of rotatable bonds is 5. The number of amides is 1. The van der Waals surface area contributed by atoms with E-state index in [-0.39, 0.29) is 5.91 Å². The molecule has 0 unspecified atom stereocenters. The van der Waals surface area contributed by atoms with Gasteiger partial charge >= 0.3 is 0 Å². The van der Waals surface area contributed by atoms with Crippen molar-refractivity contribution in [3.05, 3.63) is 0 Å². The van der Waals surface area contributed by atoms with E-state index in [2.05, 4.69) is 5.32 Å². The molecule has 0 aromatic rings. The monoisotopic (exact) mass is 144 g/mol. The minimum absolute atomic E-state index is 0.115. The minimum atomic E-state index is -0.115. The molecule has 0 fully saturated rings. The molecule has 0 aromatic carbocycles. The summed E-state index contributed by atoms with van der Waals surface area (Å²) in [5.41, 5.74) is 10.3. The van der Waals surface area contributed by atoms with Crippen molar-refractivity contribution in [3.63, 3.8) is 0 Å². The molecule has 0 rings (SSSR count). The Hall–Kier alpha value is -0.610. The van der Waals surface area contributed by atoms with Crippen molar-refractivity contribution in [1.82, 2.24) is 5.32 Å². The van der Waals surface area contributed by atoms with Crippen LogP contribution in [0.4, 0.5) is 0 Å². The highest BCUT2D eigenvalue weighted by atomic mass is 16.1. The Morgan fingerprint density at radius 3 is 2.50 bits per heavy atom. The summed E-state index contributed by atoms with van der Waals surface area (Å²) in [4.78, 5) is 10.6. The van der Waals surface area contributed by atoms with Crippen molar-refractivity contribution in [3.8, 4) is 0 Å². The topological polar surface area (TPSA) is 83.2 Å². The highest BCUT2D eigenvalue weighted by Crippen LogP contribution is 1.78. The molecule has 0 aliphatic heterocycles. The largest absolute Gasteiger partial charge is 0.330 e. The molecule has 10 heavy (non-hydrogen) atoms. The summed E-state index contributed by atoms with van der Waals surface area (Å²) >= 11 is 0. The Kier molecular flexibility index (Phi) is 6.11. The van der Waals surface area contributed by atoms with Crippen LogP contribution in [0.1, 0.15) is 12.8 Å². The zero-order valence-electron chi connectivity index (χ0n) is 6.05. The SMILES string of the molecule is NCCC[N]C(=O)CCN. The molecule has 0 aromatic heterocycles. The Balaban J connectivity index is 3.05. The predicted octanol–water partition coefficient (Wildman–Crippen LogP) is -1.18. The molecule has 0 bridgehead atoms. The summed E-state index contributed by atoms with van der Waals surface area (Å²) in [7, 11) is 0. The van der Waals surface area contributed by atoms with Crippen LogP contribution in [0.5, 0.6) is 0 Å². The van der Waals surface area contributed by atoms with Gasteiger partial charge in [-0.1, -0.05) is 0 Å². The first-order valence-corrected chi connectivity index (χ1v) is 3.41. The van der Waals surface area contributed by atoms with Crippen molar-refractivity contribution in [2.75, 3.05) is 19.6 Å². The van der Waals surface area contributed by atoms with Crippen LogP contribution in [0.25, 0.3) is 0 Å². The van der Waals surface area contributed by atoms with E-state index in [1.807, 2.05) is 0 Å². The fourth-order valence-corrected chi connectivity index (χ4v) is 0.498. The van der Waals surface area contributed by atoms with Crippen LogP contribution in [0.2, 0.25) is 0 Å². The van der Waals surface area contributed by atoms with E-state index in [4.69, 9.17) is 11.5 Å². The molecule has 0 spiro atoms. The average Bonchev–Trinajstić information content (AvgIpc) is 1.89. The molecule has 0 heterocycles. The van der Waals surface area contributed by atoms with E-state index >= 15 is 0 Å². The molecule has 0 atom stereocenters. The highest BCUT2D eigenvalue weighted by molar-refractivity contribution is 5.75. The van der Waals surface area contributed by atoms with Gasteiger partial charge in [0.2, 0.25) is 5.91 Å². The van der Waals surface area contributed by atoms with Crippen molar-refractivity contribution >= 4 is 5.91 Å². The summed E-state index contributed by atoms with van der Waals surface area (Å²) in [6.45, 7) is 1.50. The van der Waals surface area contributed by atoms with Crippen LogP contribution >= 0.6 is 0 Å². The van der Waals surface area contributed by atoms with Gasteiger partial charge in [-0.3, -0.25) is 10.1 Å². The zero-order chi connectivity index (χ0) is 7.82. The summed E-state index contributed by atoms with van der Waals surface area (Å²) < 4.78 is 0. The van der Waals surface area contributed by atoms with E-state index in [0.717, 1.165) is 6.42 Å². The van der Waals surface area contributed by atoms with Crippen LogP contribution in [0, 0.1) is 0 Å². The first kappa shape index (κ1) is 9.39. The minimum Gasteiger partial charge on any atom is -0.330 e. The first-order valence-electron chi connectivity index (χ1n) is 3.41. The maximum absolute atomic E-state index is 10.6. The van der Waals surface area contributed by atoms with Gasteiger partial charge in [-0.2, -0.15) is 0 Å². The lowest BCUT2D eigenvalue weighted by molar-refractivity contribution is -0.121. The van der Waals surface area contributed by atoms with Gasteiger partial charge in [-0.25, -0.2) is 0 Å². The maximum atomic E-state index is 10.6. The van der Waals surface area contributed by atoms with E-state index in [1.165, 1.54) is 0 Å². The van der Waals surface area contributed by atoms with E-state index in [9.17, 15) is 4.79 Å². The molecule has 4 heteroatoms. The smallest absolute Gasteiger partial charge is 0.242 e. The number of hydrogen-bond donors (Lipinski definition) is 2. The third-order valence-electron chi connectivity index (χ3n) is 1.01. The molecular formula is C6H14N3O. The number of nitrogens with two attached hydrogens (primary N) is 2.